The zero-order chi connectivity index (χ0) is 12.7. The number of rotatable bonds is 1. The minimum Gasteiger partial charge on any atom is -0.382 e. The first kappa shape index (κ1) is 11.3. The fourth-order valence-electron chi connectivity index (χ4n) is 1.83. The van der Waals surface area contributed by atoms with Crippen LogP contribution in [0.4, 0.5) is 5.82 Å². The van der Waals surface area contributed by atoms with Gasteiger partial charge in [-0.15, -0.1) is 0 Å². The Balaban J connectivity index is 2.26. The molecule has 0 aliphatic rings. The topological polar surface area (TPSA) is 67.6 Å². The molecule has 0 unspecified atom stereocenters. The van der Waals surface area contributed by atoms with E-state index in [0.717, 1.165) is 22.2 Å². The molecule has 0 aliphatic heterocycles. The van der Waals surface area contributed by atoms with E-state index < -0.39 is 0 Å². The molecule has 0 saturated carbocycles. The third-order valence-electron chi connectivity index (χ3n) is 2.66. The highest BCUT2D eigenvalue weighted by Gasteiger charge is 2.10. The van der Waals surface area contributed by atoms with Crippen molar-refractivity contribution in [2.75, 3.05) is 5.73 Å². The van der Waals surface area contributed by atoms with Gasteiger partial charge < -0.3 is 5.73 Å². The molecular weight excluding hydrogens is 271 g/mol. The molecule has 0 bridgehead atoms. The largest absolute Gasteiger partial charge is 0.382 e. The van der Waals surface area contributed by atoms with Gasteiger partial charge in [-0.05, 0) is 24.3 Å². The molecule has 0 aliphatic carbocycles. The van der Waals surface area contributed by atoms with E-state index >= 15 is 0 Å². The highest BCUT2D eigenvalue weighted by Crippen LogP contribution is 2.33. The molecular formula is C12H8Cl2N4. The van der Waals surface area contributed by atoms with Gasteiger partial charge in [0.25, 0.3) is 0 Å². The van der Waals surface area contributed by atoms with Crippen molar-refractivity contribution in [2.45, 2.75) is 0 Å². The molecule has 90 valence electrons. The lowest BCUT2D eigenvalue weighted by molar-refractivity contribution is 1.10. The molecule has 6 heteroatoms. The van der Waals surface area contributed by atoms with E-state index in [1.54, 1.807) is 12.1 Å². The van der Waals surface area contributed by atoms with Crippen LogP contribution in [0.5, 0.6) is 0 Å². The quantitative estimate of drug-likeness (QED) is 0.670. The first-order chi connectivity index (χ1) is 8.65. The first-order valence-electron chi connectivity index (χ1n) is 5.21. The van der Waals surface area contributed by atoms with Crippen LogP contribution in [0, 0.1) is 0 Å². The molecule has 2 heterocycles. The maximum absolute atomic E-state index is 6.37. The first-order valence-corrected chi connectivity index (χ1v) is 5.97. The van der Waals surface area contributed by atoms with E-state index in [0.29, 0.717) is 16.0 Å². The van der Waals surface area contributed by atoms with Crippen LogP contribution >= 0.6 is 23.2 Å². The molecule has 3 aromatic rings. The maximum atomic E-state index is 6.37. The molecule has 0 fully saturated rings. The summed E-state index contributed by atoms with van der Waals surface area (Å²) < 4.78 is 0. The van der Waals surface area contributed by atoms with Gasteiger partial charge in [-0.1, -0.05) is 23.2 Å². The van der Waals surface area contributed by atoms with Crippen molar-refractivity contribution in [2.24, 2.45) is 0 Å². The Labute approximate surface area is 113 Å². The van der Waals surface area contributed by atoms with E-state index in [1.807, 2.05) is 18.2 Å². The SMILES string of the molecule is Nc1cc(-c2ccc3nc(Cl)ccc3c2Cl)[nH]n1. The summed E-state index contributed by atoms with van der Waals surface area (Å²) in [6, 6.07) is 9.01. The third-order valence-corrected chi connectivity index (χ3v) is 3.28. The summed E-state index contributed by atoms with van der Waals surface area (Å²) in [6.07, 6.45) is 0. The van der Waals surface area contributed by atoms with Gasteiger partial charge in [0.1, 0.15) is 11.0 Å². The number of H-pyrrole nitrogens is 1. The normalized spacial score (nSPS) is 11.0. The Morgan fingerprint density at radius 2 is 1.94 bits per heavy atom. The number of aromatic nitrogens is 3. The Morgan fingerprint density at radius 3 is 2.67 bits per heavy atom. The van der Waals surface area contributed by atoms with Crippen molar-refractivity contribution in [3.8, 4) is 11.3 Å². The van der Waals surface area contributed by atoms with Crippen LogP contribution in [-0.2, 0) is 0 Å². The van der Waals surface area contributed by atoms with Gasteiger partial charge in [0.2, 0.25) is 0 Å². The molecule has 2 aromatic heterocycles. The number of fused-ring (bicyclic) bond motifs is 1. The summed E-state index contributed by atoms with van der Waals surface area (Å²) >= 11 is 12.2. The Kier molecular flexibility index (Phi) is 2.61. The Hall–Kier alpha value is -1.78. The van der Waals surface area contributed by atoms with E-state index in [2.05, 4.69) is 15.2 Å². The van der Waals surface area contributed by atoms with Crippen LogP contribution in [0.2, 0.25) is 10.2 Å². The number of halogens is 2. The second-order valence-corrected chi connectivity index (χ2v) is 4.60. The van der Waals surface area contributed by atoms with Crippen molar-refractivity contribution in [1.29, 1.82) is 0 Å². The maximum Gasteiger partial charge on any atom is 0.145 e. The molecule has 1 aromatic carbocycles. The second kappa shape index (κ2) is 4.15. The molecule has 0 saturated heterocycles. The number of nitrogens with two attached hydrogens (primary N) is 1. The van der Waals surface area contributed by atoms with Crippen LogP contribution in [0.25, 0.3) is 22.2 Å². The van der Waals surface area contributed by atoms with Gasteiger partial charge in [0.05, 0.1) is 16.2 Å². The van der Waals surface area contributed by atoms with Crippen LogP contribution in [-0.4, -0.2) is 15.2 Å². The van der Waals surface area contributed by atoms with E-state index in [4.69, 9.17) is 28.9 Å². The van der Waals surface area contributed by atoms with Crippen molar-refractivity contribution in [1.82, 2.24) is 15.2 Å². The van der Waals surface area contributed by atoms with Crippen LogP contribution in [0.3, 0.4) is 0 Å². The van der Waals surface area contributed by atoms with Gasteiger partial charge in [-0.3, -0.25) is 5.10 Å². The van der Waals surface area contributed by atoms with Crippen LogP contribution < -0.4 is 5.73 Å². The Morgan fingerprint density at radius 1 is 1.11 bits per heavy atom. The molecule has 3 N–H and O–H groups in total. The standard InChI is InChI=1S/C12H8Cl2N4/c13-10-4-2-6-8(16-10)3-1-7(12(6)14)9-5-11(15)18-17-9/h1-5H,(H3,15,17,18). The van der Waals surface area contributed by atoms with E-state index in [1.165, 1.54) is 0 Å². The van der Waals surface area contributed by atoms with E-state index in [9.17, 15) is 0 Å². The minimum atomic E-state index is 0.426. The van der Waals surface area contributed by atoms with Gasteiger partial charge in [0, 0.05) is 17.0 Å². The zero-order valence-electron chi connectivity index (χ0n) is 9.11. The lowest BCUT2D eigenvalue weighted by atomic mass is 10.1. The highest BCUT2D eigenvalue weighted by molar-refractivity contribution is 6.38. The number of benzene rings is 1. The second-order valence-electron chi connectivity index (χ2n) is 3.83. The smallest absolute Gasteiger partial charge is 0.145 e. The van der Waals surface area contributed by atoms with Crippen molar-refractivity contribution >= 4 is 39.9 Å². The van der Waals surface area contributed by atoms with Gasteiger partial charge >= 0.3 is 0 Å². The molecule has 4 nitrogen and oxygen atoms in total. The summed E-state index contributed by atoms with van der Waals surface area (Å²) in [6.45, 7) is 0. The zero-order valence-corrected chi connectivity index (χ0v) is 10.6. The molecule has 18 heavy (non-hydrogen) atoms. The fraction of sp³-hybridized carbons (Fsp3) is 0. The van der Waals surface area contributed by atoms with Crippen LogP contribution in [0.1, 0.15) is 0 Å². The third kappa shape index (κ3) is 1.79. The number of pyridine rings is 1. The summed E-state index contributed by atoms with van der Waals surface area (Å²) in [7, 11) is 0. The predicted octanol–water partition coefficient (Wildman–Crippen LogP) is 3.51. The number of nitrogen functional groups attached to an aromatic ring is 1. The minimum absolute atomic E-state index is 0.426. The number of nitrogens with one attached hydrogen (secondary N) is 1. The highest BCUT2D eigenvalue weighted by atomic mass is 35.5. The summed E-state index contributed by atoms with van der Waals surface area (Å²) in [5.41, 5.74) is 7.94. The summed E-state index contributed by atoms with van der Waals surface area (Å²) in [4.78, 5) is 4.21. The lowest BCUT2D eigenvalue weighted by Crippen LogP contribution is -1.85. The van der Waals surface area contributed by atoms with Gasteiger partial charge in [-0.25, -0.2) is 4.98 Å². The van der Waals surface area contributed by atoms with Gasteiger partial charge in [0.15, 0.2) is 0 Å². The summed E-state index contributed by atoms with van der Waals surface area (Å²) in [5, 5.41) is 8.60. The monoisotopic (exact) mass is 278 g/mol. The van der Waals surface area contributed by atoms with Gasteiger partial charge in [-0.2, -0.15) is 5.10 Å². The molecule has 0 atom stereocenters. The number of hydrogen-bond acceptors (Lipinski definition) is 3. The van der Waals surface area contributed by atoms with Crippen LogP contribution in [0.15, 0.2) is 30.3 Å². The number of nitrogens with zero attached hydrogens (tertiary/aromatic N) is 2. The van der Waals surface area contributed by atoms with Crippen molar-refractivity contribution in [3.63, 3.8) is 0 Å². The van der Waals surface area contributed by atoms with E-state index in [-0.39, 0.29) is 0 Å². The number of aromatic amines is 1. The molecule has 0 radical (unpaired) electrons. The fourth-order valence-corrected chi connectivity index (χ4v) is 2.31. The molecule has 0 spiro atoms. The van der Waals surface area contributed by atoms with Crippen molar-refractivity contribution < 1.29 is 0 Å². The lowest BCUT2D eigenvalue weighted by Gasteiger charge is -2.05. The number of anilines is 1. The van der Waals surface area contributed by atoms with Crippen molar-refractivity contribution in [3.05, 3.63) is 40.5 Å². The number of hydrogen-bond donors (Lipinski definition) is 2. The average molecular weight is 279 g/mol. The average Bonchev–Trinajstić information content (AvgIpc) is 2.76. The Bertz CT molecular complexity index is 736. The summed E-state index contributed by atoms with van der Waals surface area (Å²) in [5.74, 6) is 0.426. The predicted molar refractivity (Wildman–Crippen MR) is 73.8 cm³/mol. The molecule has 3 rings (SSSR count). The molecule has 0 amide bonds.